The molecule has 0 fully saturated rings. The van der Waals surface area contributed by atoms with Crippen LogP contribution in [0.1, 0.15) is 23.2 Å². The van der Waals surface area contributed by atoms with Crippen molar-refractivity contribution < 1.29 is 14.7 Å². The number of ether oxygens (including phenoxy) is 1. The Morgan fingerprint density at radius 2 is 2.57 bits per heavy atom. The number of esters is 1. The van der Waals surface area contributed by atoms with Crippen LogP contribution >= 0.6 is 0 Å². The predicted molar refractivity (Wildman–Crippen MR) is 47.4 cm³/mol. The molecule has 0 radical (unpaired) electrons. The summed E-state index contributed by atoms with van der Waals surface area (Å²) in [4.78, 5) is 18.7. The van der Waals surface area contributed by atoms with Gasteiger partial charge in [0.05, 0.1) is 6.61 Å². The third-order valence-corrected chi connectivity index (χ3v) is 1.33. The Labute approximate surface area is 80.2 Å². The van der Waals surface area contributed by atoms with Crippen LogP contribution in [-0.4, -0.2) is 34.0 Å². The number of hydrogen-bond acceptors (Lipinski definition) is 6. The Morgan fingerprint density at radius 3 is 3.21 bits per heavy atom. The highest BCUT2D eigenvalue weighted by Gasteiger charge is 2.08. The van der Waals surface area contributed by atoms with E-state index in [4.69, 9.17) is 9.94 Å². The maximum atomic E-state index is 11.2. The van der Waals surface area contributed by atoms with Crippen molar-refractivity contribution in [2.45, 2.75) is 6.92 Å². The quantitative estimate of drug-likeness (QED) is 0.328. The van der Waals surface area contributed by atoms with Crippen molar-refractivity contribution >= 4 is 12.2 Å². The number of hydrogen-bond donors (Lipinski definition) is 1. The molecule has 0 spiro atoms. The van der Waals surface area contributed by atoms with Crippen molar-refractivity contribution in [1.29, 1.82) is 0 Å². The van der Waals surface area contributed by atoms with E-state index in [0.29, 0.717) is 0 Å². The zero-order valence-corrected chi connectivity index (χ0v) is 7.54. The van der Waals surface area contributed by atoms with E-state index in [2.05, 4.69) is 15.1 Å². The summed E-state index contributed by atoms with van der Waals surface area (Å²) in [5, 5.41) is 11.0. The van der Waals surface area contributed by atoms with E-state index in [1.54, 1.807) is 6.92 Å². The molecular formula is C8H9N3O3. The van der Waals surface area contributed by atoms with Gasteiger partial charge in [-0.3, -0.25) is 0 Å². The van der Waals surface area contributed by atoms with Crippen LogP contribution in [0.4, 0.5) is 0 Å². The molecule has 0 aliphatic heterocycles. The normalized spacial score (nSPS) is 10.4. The molecule has 74 valence electrons. The molecule has 1 heterocycles. The van der Waals surface area contributed by atoms with Crippen molar-refractivity contribution in [3.63, 3.8) is 0 Å². The summed E-state index contributed by atoms with van der Waals surface area (Å²) in [6, 6.07) is 1.42. The van der Waals surface area contributed by atoms with Gasteiger partial charge in [0.15, 0.2) is 11.5 Å². The van der Waals surface area contributed by atoms with Gasteiger partial charge in [-0.1, -0.05) is 5.16 Å². The second-order valence-corrected chi connectivity index (χ2v) is 2.27. The predicted octanol–water partition coefficient (Wildman–Crippen LogP) is 0.461. The molecule has 14 heavy (non-hydrogen) atoms. The summed E-state index contributed by atoms with van der Waals surface area (Å²) in [7, 11) is 0. The SMILES string of the molecule is CCOC(=O)c1ccnc(/C=N\O)n1. The van der Waals surface area contributed by atoms with Gasteiger partial charge in [0.1, 0.15) is 6.21 Å². The molecule has 1 rings (SSSR count). The first kappa shape index (κ1) is 10.1. The van der Waals surface area contributed by atoms with Crippen LogP contribution in [0, 0.1) is 0 Å². The lowest BCUT2D eigenvalue weighted by Crippen LogP contribution is -2.09. The fraction of sp³-hybridized carbons (Fsp3) is 0.250. The zero-order valence-electron chi connectivity index (χ0n) is 7.54. The lowest BCUT2D eigenvalue weighted by Gasteiger charge is -2.00. The topological polar surface area (TPSA) is 84.7 Å². The molecule has 0 aromatic carbocycles. The smallest absolute Gasteiger partial charge is 0.357 e. The van der Waals surface area contributed by atoms with Crippen LogP contribution in [0.3, 0.4) is 0 Å². The standard InChI is InChI=1S/C8H9N3O3/c1-2-14-8(12)6-3-4-9-7(11-6)5-10-13/h3-5,13H,2H2,1H3/b10-5-. The number of carbonyl (C=O) groups is 1. The minimum atomic E-state index is -0.525. The Kier molecular flexibility index (Phi) is 3.54. The highest BCUT2D eigenvalue weighted by Crippen LogP contribution is 1.97. The molecule has 1 N–H and O–H groups in total. The second kappa shape index (κ2) is 4.90. The van der Waals surface area contributed by atoms with Crippen molar-refractivity contribution in [3.05, 3.63) is 23.8 Å². The third kappa shape index (κ3) is 2.51. The van der Waals surface area contributed by atoms with Crippen LogP contribution in [0.15, 0.2) is 17.4 Å². The molecule has 0 aliphatic rings. The summed E-state index contributed by atoms with van der Waals surface area (Å²) in [5.74, 6) is -0.374. The van der Waals surface area contributed by atoms with E-state index in [1.807, 2.05) is 0 Å². The minimum Gasteiger partial charge on any atom is -0.461 e. The first-order valence-corrected chi connectivity index (χ1v) is 3.95. The Morgan fingerprint density at radius 1 is 1.79 bits per heavy atom. The first-order chi connectivity index (χ1) is 6.77. The van der Waals surface area contributed by atoms with Gasteiger partial charge in [0, 0.05) is 6.20 Å². The fourth-order valence-electron chi connectivity index (χ4n) is 0.806. The maximum Gasteiger partial charge on any atom is 0.357 e. The van der Waals surface area contributed by atoms with E-state index in [9.17, 15) is 4.79 Å². The van der Waals surface area contributed by atoms with Crippen molar-refractivity contribution in [1.82, 2.24) is 9.97 Å². The van der Waals surface area contributed by atoms with Gasteiger partial charge < -0.3 is 9.94 Å². The van der Waals surface area contributed by atoms with Crippen molar-refractivity contribution in [3.8, 4) is 0 Å². The minimum absolute atomic E-state index is 0.136. The molecule has 0 atom stereocenters. The summed E-state index contributed by atoms with van der Waals surface area (Å²) in [6.07, 6.45) is 2.42. The molecule has 6 nitrogen and oxygen atoms in total. The highest BCUT2D eigenvalue weighted by molar-refractivity contribution is 5.88. The number of nitrogens with zero attached hydrogens (tertiary/aromatic N) is 3. The van der Waals surface area contributed by atoms with E-state index in [1.165, 1.54) is 12.3 Å². The molecule has 0 saturated carbocycles. The van der Waals surface area contributed by atoms with Gasteiger partial charge in [-0.05, 0) is 13.0 Å². The van der Waals surface area contributed by atoms with Gasteiger partial charge in [0.2, 0.25) is 0 Å². The Balaban J connectivity index is 2.87. The number of carbonyl (C=O) groups excluding carboxylic acids is 1. The summed E-state index contributed by atoms with van der Waals surface area (Å²) < 4.78 is 4.72. The molecule has 1 aromatic rings. The van der Waals surface area contributed by atoms with Crippen LogP contribution in [0.5, 0.6) is 0 Å². The second-order valence-electron chi connectivity index (χ2n) is 2.27. The molecule has 6 heteroatoms. The van der Waals surface area contributed by atoms with Gasteiger partial charge in [0.25, 0.3) is 0 Å². The lowest BCUT2D eigenvalue weighted by molar-refractivity contribution is 0.0519. The van der Waals surface area contributed by atoms with Crippen molar-refractivity contribution in [2.75, 3.05) is 6.61 Å². The van der Waals surface area contributed by atoms with Gasteiger partial charge in [-0.25, -0.2) is 14.8 Å². The van der Waals surface area contributed by atoms with Crippen LogP contribution < -0.4 is 0 Å². The largest absolute Gasteiger partial charge is 0.461 e. The molecule has 0 aliphatic carbocycles. The zero-order chi connectivity index (χ0) is 10.4. The summed E-state index contributed by atoms with van der Waals surface area (Å²) >= 11 is 0. The lowest BCUT2D eigenvalue weighted by atomic mass is 10.4. The summed E-state index contributed by atoms with van der Waals surface area (Å²) in [5.41, 5.74) is 0.136. The fourth-order valence-corrected chi connectivity index (χ4v) is 0.806. The molecule has 0 amide bonds. The molecule has 0 unspecified atom stereocenters. The molecular weight excluding hydrogens is 186 g/mol. The highest BCUT2D eigenvalue weighted by atomic mass is 16.5. The van der Waals surface area contributed by atoms with Crippen LogP contribution in [0.25, 0.3) is 0 Å². The van der Waals surface area contributed by atoms with Gasteiger partial charge in [-0.15, -0.1) is 0 Å². The van der Waals surface area contributed by atoms with Crippen LogP contribution in [-0.2, 0) is 4.74 Å². The Hall–Kier alpha value is -1.98. The third-order valence-electron chi connectivity index (χ3n) is 1.33. The average Bonchev–Trinajstić information content (AvgIpc) is 2.19. The van der Waals surface area contributed by atoms with Crippen LogP contribution in [0.2, 0.25) is 0 Å². The molecule has 0 bridgehead atoms. The average molecular weight is 195 g/mol. The Bertz CT molecular complexity index is 351. The number of rotatable bonds is 3. The number of oxime groups is 1. The first-order valence-electron chi connectivity index (χ1n) is 3.95. The van der Waals surface area contributed by atoms with E-state index in [-0.39, 0.29) is 18.1 Å². The number of aromatic nitrogens is 2. The monoisotopic (exact) mass is 195 g/mol. The molecule has 0 saturated heterocycles. The van der Waals surface area contributed by atoms with E-state index >= 15 is 0 Å². The van der Waals surface area contributed by atoms with Gasteiger partial charge >= 0.3 is 5.97 Å². The molecule has 1 aromatic heterocycles. The van der Waals surface area contributed by atoms with E-state index in [0.717, 1.165) is 6.21 Å². The van der Waals surface area contributed by atoms with E-state index < -0.39 is 5.97 Å². The van der Waals surface area contributed by atoms with Crippen molar-refractivity contribution in [2.24, 2.45) is 5.16 Å². The van der Waals surface area contributed by atoms with Gasteiger partial charge in [-0.2, -0.15) is 0 Å². The maximum absolute atomic E-state index is 11.2. The summed E-state index contributed by atoms with van der Waals surface area (Å²) in [6.45, 7) is 1.99.